The van der Waals surface area contributed by atoms with Crippen molar-refractivity contribution in [2.24, 2.45) is 5.92 Å². The molecule has 1 aromatic carbocycles. The van der Waals surface area contributed by atoms with E-state index >= 15 is 0 Å². The fourth-order valence-electron chi connectivity index (χ4n) is 1.48. The Morgan fingerprint density at radius 1 is 1.33 bits per heavy atom. The van der Waals surface area contributed by atoms with Crippen LogP contribution in [0.25, 0.3) is 6.08 Å². The van der Waals surface area contributed by atoms with Gasteiger partial charge in [-0.25, -0.2) is 4.79 Å². The van der Waals surface area contributed by atoms with Crippen molar-refractivity contribution >= 4 is 12.0 Å². The molecule has 0 bridgehead atoms. The highest BCUT2D eigenvalue weighted by Gasteiger charge is 2.09. The summed E-state index contributed by atoms with van der Waals surface area (Å²) in [7, 11) is 0. The number of benzene rings is 1. The maximum atomic E-state index is 10.3. The summed E-state index contributed by atoms with van der Waals surface area (Å²) in [6.45, 7) is 1.90. The molecule has 96 valence electrons. The molecule has 0 unspecified atom stereocenters. The minimum Gasteiger partial charge on any atom is -0.478 e. The molecule has 0 aliphatic heterocycles. The molecular weight excluding hydrogens is 228 g/mol. The van der Waals surface area contributed by atoms with E-state index in [0.717, 1.165) is 11.6 Å². The summed E-state index contributed by atoms with van der Waals surface area (Å²) in [4.78, 5) is 10.3. The van der Waals surface area contributed by atoms with E-state index in [1.807, 2.05) is 49.4 Å². The number of aliphatic carboxylic acids is 1. The Balaban J connectivity index is 2.47. The summed E-state index contributed by atoms with van der Waals surface area (Å²) in [5, 5.41) is 18.2. The Hall–Kier alpha value is -1.87. The number of rotatable bonds is 6. The summed E-state index contributed by atoms with van der Waals surface area (Å²) >= 11 is 0. The van der Waals surface area contributed by atoms with Crippen LogP contribution >= 0.6 is 0 Å². The molecule has 18 heavy (non-hydrogen) atoms. The molecule has 0 radical (unpaired) electrons. The molecule has 0 saturated heterocycles. The second-order valence-electron chi connectivity index (χ2n) is 4.17. The molecule has 0 fully saturated rings. The number of carboxylic acids is 1. The molecule has 1 aromatic rings. The molecule has 2 N–H and O–H groups in total. The molecule has 2 atom stereocenters. The van der Waals surface area contributed by atoms with Crippen molar-refractivity contribution in [3.05, 3.63) is 54.1 Å². The normalized spacial score (nSPS) is 15.0. The van der Waals surface area contributed by atoms with Gasteiger partial charge in [0.05, 0.1) is 6.10 Å². The van der Waals surface area contributed by atoms with Gasteiger partial charge in [0.15, 0.2) is 0 Å². The minimum atomic E-state index is -0.991. The molecule has 3 nitrogen and oxygen atoms in total. The predicted octanol–water partition coefficient (Wildman–Crippen LogP) is 2.73. The largest absolute Gasteiger partial charge is 0.478 e. The first-order chi connectivity index (χ1) is 8.59. The molecule has 0 aliphatic rings. The molecule has 0 amide bonds. The van der Waals surface area contributed by atoms with Crippen molar-refractivity contribution in [2.75, 3.05) is 0 Å². The van der Waals surface area contributed by atoms with E-state index in [-0.39, 0.29) is 5.92 Å². The average molecular weight is 246 g/mol. The van der Waals surface area contributed by atoms with E-state index in [1.165, 1.54) is 6.08 Å². The van der Waals surface area contributed by atoms with Crippen LogP contribution in [0.1, 0.15) is 18.9 Å². The number of carbonyl (C=O) groups is 1. The number of aliphatic hydroxyl groups excluding tert-OH is 1. The summed E-state index contributed by atoms with van der Waals surface area (Å²) in [5.74, 6) is -1.02. The van der Waals surface area contributed by atoms with Crippen molar-refractivity contribution in [2.45, 2.75) is 19.4 Å². The van der Waals surface area contributed by atoms with Crippen LogP contribution in [0.3, 0.4) is 0 Å². The average Bonchev–Trinajstić information content (AvgIpc) is 2.36. The van der Waals surface area contributed by atoms with E-state index in [9.17, 15) is 9.90 Å². The van der Waals surface area contributed by atoms with E-state index in [1.54, 1.807) is 0 Å². The van der Waals surface area contributed by atoms with Crippen molar-refractivity contribution in [3.8, 4) is 0 Å². The van der Waals surface area contributed by atoms with Crippen molar-refractivity contribution in [3.63, 3.8) is 0 Å². The Bertz CT molecular complexity index is 421. The van der Waals surface area contributed by atoms with E-state index in [0.29, 0.717) is 6.42 Å². The van der Waals surface area contributed by atoms with Crippen LogP contribution in [0.4, 0.5) is 0 Å². The monoisotopic (exact) mass is 246 g/mol. The number of aliphatic hydroxyl groups is 1. The van der Waals surface area contributed by atoms with E-state index < -0.39 is 12.1 Å². The third kappa shape index (κ3) is 5.46. The maximum Gasteiger partial charge on any atom is 0.327 e. The molecule has 0 heterocycles. The predicted molar refractivity (Wildman–Crippen MR) is 72.0 cm³/mol. The lowest BCUT2D eigenvalue weighted by Gasteiger charge is -2.12. The van der Waals surface area contributed by atoms with Crippen LogP contribution in [0, 0.1) is 5.92 Å². The van der Waals surface area contributed by atoms with Crippen LogP contribution in [0.2, 0.25) is 0 Å². The van der Waals surface area contributed by atoms with Crippen LogP contribution in [-0.2, 0) is 4.79 Å². The quantitative estimate of drug-likeness (QED) is 0.759. The van der Waals surface area contributed by atoms with Crippen molar-refractivity contribution in [1.29, 1.82) is 0 Å². The van der Waals surface area contributed by atoms with Gasteiger partial charge in [-0.05, 0) is 12.0 Å². The SMILES string of the molecule is C[C@H](C=Cc1ccccc1)[C@@H](O)CC=CC(=O)O. The highest BCUT2D eigenvalue weighted by atomic mass is 16.4. The first kappa shape index (κ1) is 14.2. The van der Waals surface area contributed by atoms with Gasteiger partial charge in [-0.2, -0.15) is 0 Å². The van der Waals surface area contributed by atoms with Crippen LogP contribution < -0.4 is 0 Å². The second-order valence-corrected chi connectivity index (χ2v) is 4.17. The number of carboxylic acid groups (broad SMARTS) is 1. The number of hydrogen-bond donors (Lipinski definition) is 2. The Kier molecular flexibility index (Phi) is 5.88. The highest BCUT2D eigenvalue weighted by Crippen LogP contribution is 2.12. The zero-order valence-corrected chi connectivity index (χ0v) is 10.4. The maximum absolute atomic E-state index is 10.3. The van der Waals surface area contributed by atoms with Crippen molar-refractivity contribution in [1.82, 2.24) is 0 Å². The Morgan fingerprint density at radius 3 is 2.61 bits per heavy atom. The fourth-order valence-corrected chi connectivity index (χ4v) is 1.48. The minimum absolute atomic E-state index is 0.0244. The lowest BCUT2D eigenvalue weighted by Crippen LogP contribution is -2.14. The first-order valence-corrected chi connectivity index (χ1v) is 5.90. The zero-order chi connectivity index (χ0) is 13.4. The second kappa shape index (κ2) is 7.45. The standard InChI is InChI=1S/C15H18O3/c1-12(14(16)8-5-9-15(17)18)10-11-13-6-3-2-4-7-13/h2-7,9-12,14,16H,8H2,1H3,(H,17,18)/t12-,14+/m1/s1. The topological polar surface area (TPSA) is 57.5 Å². The van der Waals surface area contributed by atoms with Crippen LogP contribution in [0.5, 0.6) is 0 Å². The molecule has 0 aromatic heterocycles. The van der Waals surface area contributed by atoms with Gasteiger partial charge >= 0.3 is 5.97 Å². The molecule has 3 heteroatoms. The van der Waals surface area contributed by atoms with Gasteiger partial charge in [-0.1, -0.05) is 55.5 Å². The fraction of sp³-hybridized carbons (Fsp3) is 0.267. The van der Waals surface area contributed by atoms with Gasteiger partial charge in [-0.15, -0.1) is 0 Å². The van der Waals surface area contributed by atoms with Crippen LogP contribution in [0.15, 0.2) is 48.6 Å². The van der Waals surface area contributed by atoms with Crippen LogP contribution in [-0.4, -0.2) is 22.3 Å². The zero-order valence-electron chi connectivity index (χ0n) is 10.4. The first-order valence-electron chi connectivity index (χ1n) is 5.90. The Morgan fingerprint density at radius 2 is 2.00 bits per heavy atom. The summed E-state index contributed by atoms with van der Waals surface area (Å²) < 4.78 is 0. The van der Waals surface area contributed by atoms with Gasteiger partial charge in [0.25, 0.3) is 0 Å². The lowest BCUT2D eigenvalue weighted by molar-refractivity contribution is -0.131. The van der Waals surface area contributed by atoms with Gasteiger partial charge in [0.1, 0.15) is 0 Å². The molecule has 0 spiro atoms. The van der Waals surface area contributed by atoms with Gasteiger partial charge in [0.2, 0.25) is 0 Å². The molecule has 1 rings (SSSR count). The summed E-state index contributed by atoms with van der Waals surface area (Å²) in [6, 6.07) is 9.83. The Labute approximate surface area is 107 Å². The van der Waals surface area contributed by atoms with E-state index in [4.69, 9.17) is 5.11 Å². The van der Waals surface area contributed by atoms with Gasteiger partial charge < -0.3 is 10.2 Å². The summed E-state index contributed by atoms with van der Waals surface area (Å²) in [5.41, 5.74) is 1.08. The lowest BCUT2D eigenvalue weighted by atomic mass is 10.00. The number of hydrogen-bond acceptors (Lipinski definition) is 2. The van der Waals surface area contributed by atoms with E-state index in [2.05, 4.69) is 0 Å². The van der Waals surface area contributed by atoms with Gasteiger partial charge in [0, 0.05) is 12.0 Å². The molecule has 0 aliphatic carbocycles. The third-order valence-corrected chi connectivity index (χ3v) is 2.64. The highest BCUT2D eigenvalue weighted by molar-refractivity contribution is 5.79. The van der Waals surface area contributed by atoms with Gasteiger partial charge in [-0.3, -0.25) is 0 Å². The smallest absolute Gasteiger partial charge is 0.327 e. The molecular formula is C15H18O3. The molecule has 0 saturated carbocycles. The van der Waals surface area contributed by atoms with Crippen molar-refractivity contribution < 1.29 is 15.0 Å². The summed E-state index contributed by atoms with van der Waals surface area (Å²) in [6.07, 6.45) is 6.17. The third-order valence-electron chi connectivity index (χ3n) is 2.64.